The third-order valence-corrected chi connectivity index (χ3v) is 5.58. The highest BCUT2D eigenvalue weighted by Gasteiger charge is 2.38. The number of halogens is 5. The number of likely N-dealkylation sites (tertiary alicyclic amines) is 1. The first-order valence-corrected chi connectivity index (χ1v) is 9.75. The van der Waals surface area contributed by atoms with Crippen molar-refractivity contribution in [1.82, 2.24) is 4.90 Å². The summed E-state index contributed by atoms with van der Waals surface area (Å²) in [5.74, 6) is -0.663. The van der Waals surface area contributed by atoms with Crippen LogP contribution >= 0.6 is 11.6 Å². The number of allylic oxidation sites excluding steroid dienone is 1. The van der Waals surface area contributed by atoms with Gasteiger partial charge >= 0.3 is 6.18 Å². The molecule has 8 heteroatoms. The van der Waals surface area contributed by atoms with Crippen LogP contribution in [0.2, 0.25) is 5.02 Å². The van der Waals surface area contributed by atoms with E-state index in [1.165, 1.54) is 36.4 Å². The standard InChI is InChI=1S/C22H20ClF4NO2/c23-19-8-5-16(14-18(19)22(25,26)27)21(30)9-12-28(13-10-21)11-1-2-20(29)15-3-6-17(24)7-4-15/h1-8,14,30H,9-13H2/b2-1+. The van der Waals surface area contributed by atoms with E-state index >= 15 is 0 Å². The van der Waals surface area contributed by atoms with Gasteiger partial charge in [-0.2, -0.15) is 13.2 Å². The fraction of sp³-hybridized carbons (Fsp3) is 0.318. The summed E-state index contributed by atoms with van der Waals surface area (Å²) in [6.45, 7) is 1.36. The number of hydrogen-bond acceptors (Lipinski definition) is 3. The zero-order valence-electron chi connectivity index (χ0n) is 15.9. The first-order chi connectivity index (χ1) is 14.1. The predicted molar refractivity (Wildman–Crippen MR) is 106 cm³/mol. The maximum atomic E-state index is 13.1. The number of hydrogen-bond donors (Lipinski definition) is 1. The Hall–Kier alpha value is -2.22. The Bertz CT molecular complexity index is 933. The van der Waals surface area contributed by atoms with Crippen molar-refractivity contribution >= 4 is 17.4 Å². The van der Waals surface area contributed by atoms with E-state index in [-0.39, 0.29) is 24.2 Å². The highest BCUT2D eigenvalue weighted by atomic mass is 35.5. The molecular formula is C22H20ClF4NO2. The average molecular weight is 442 g/mol. The minimum Gasteiger partial charge on any atom is -0.385 e. The topological polar surface area (TPSA) is 40.5 Å². The summed E-state index contributed by atoms with van der Waals surface area (Å²) >= 11 is 5.66. The summed E-state index contributed by atoms with van der Waals surface area (Å²) in [6, 6.07) is 8.75. The second kappa shape index (κ2) is 8.88. The van der Waals surface area contributed by atoms with Gasteiger partial charge in [-0.25, -0.2) is 4.39 Å². The van der Waals surface area contributed by atoms with E-state index in [0.717, 1.165) is 12.1 Å². The second-order valence-electron chi connectivity index (χ2n) is 7.30. The highest BCUT2D eigenvalue weighted by Crippen LogP contribution is 2.39. The Kier molecular flexibility index (Phi) is 6.65. The largest absolute Gasteiger partial charge is 0.417 e. The number of aliphatic hydroxyl groups is 1. The smallest absolute Gasteiger partial charge is 0.385 e. The normalized spacial score (nSPS) is 17.4. The van der Waals surface area contributed by atoms with Crippen LogP contribution in [0.3, 0.4) is 0 Å². The summed E-state index contributed by atoms with van der Waals surface area (Å²) in [5.41, 5.74) is -1.75. The maximum absolute atomic E-state index is 13.1. The number of carbonyl (C=O) groups excluding carboxylic acids is 1. The van der Waals surface area contributed by atoms with Crippen LogP contribution < -0.4 is 0 Å². The molecule has 0 aliphatic carbocycles. The highest BCUT2D eigenvalue weighted by molar-refractivity contribution is 6.31. The number of alkyl halides is 3. The molecule has 1 aliphatic heterocycles. The van der Waals surface area contributed by atoms with E-state index in [2.05, 4.69) is 0 Å². The van der Waals surface area contributed by atoms with Crippen molar-refractivity contribution in [2.24, 2.45) is 0 Å². The Balaban J connectivity index is 1.59. The van der Waals surface area contributed by atoms with E-state index < -0.39 is 28.2 Å². The molecule has 160 valence electrons. The number of carbonyl (C=O) groups is 1. The Labute approximate surface area is 176 Å². The third-order valence-electron chi connectivity index (χ3n) is 5.25. The molecule has 0 spiro atoms. The van der Waals surface area contributed by atoms with E-state index in [1.807, 2.05) is 4.90 Å². The number of ketones is 1. The molecule has 1 fully saturated rings. The molecule has 0 unspecified atom stereocenters. The summed E-state index contributed by atoms with van der Waals surface area (Å²) < 4.78 is 52.2. The van der Waals surface area contributed by atoms with Gasteiger partial charge in [0.1, 0.15) is 5.82 Å². The Morgan fingerprint density at radius 1 is 1.13 bits per heavy atom. The fourth-order valence-corrected chi connectivity index (χ4v) is 3.67. The first kappa shape index (κ1) is 22.5. The lowest BCUT2D eigenvalue weighted by molar-refractivity contribution is -0.137. The van der Waals surface area contributed by atoms with E-state index in [4.69, 9.17) is 11.6 Å². The summed E-state index contributed by atoms with van der Waals surface area (Å²) in [7, 11) is 0. The van der Waals surface area contributed by atoms with Crippen LogP contribution in [-0.4, -0.2) is 35.4 Å². The zero-order chi connectivity index (χ0) is 21.9. The number of piperidine rings is 1. The molecule has 0 saturated carbocycles. The number of benzene rings is 2. The fourth-order valence-electron chi connectivity index (χ4n) is 3.45. The molecule has 2 aromatic carbocycles. The van der Waals surface area contributed by atoms with Crippen molar-refractivity contribution in [3.05, 3.63) is 82.1 Å². The Morgan fingerprint density at radius 2 is 1.77 bits per heavy atom. The van der Waals surface area contributed by atoms with Crippen molar-refractivity contribution in [3.8, 4) is 0 Å². The van der Waals surface area contributed by atoms with Crippen molar-refractivity contribution in [3.63, 3.8) is 0 Å². The molecule has 0 aromatic heterocycles. The van der Waals surface area contributed by atoms with Gasteiger partial charge in [0.05, 0.1) is 16.2 Å². The van der Waals surface area contributed by atoms with E-state index in [1.54, 1.807) is 6.08 Å². The van der Waals surface area contributed by atoms with Gasteiger partial charge in [-0.15, -0.1) is 0 Å². The van der Waals surface area contributed by atoms with E-state index in [0.29, 0.717) is 25.2 Å². The SMILES string of the molecule is O=C(/C=C/CN1CCC(O)(c2ccc(Cl)c(C(F)(F)F)c2)CC1)c1ccc(F)cc1. The van der Waals surface area contributed by atoms with Gasteiger partial charge in [0.25, 0.3) is 0 Å². The molecule has 1 heterocycles. The minimum absolute atomic E-state index is 0.195. The summed E-state index contributed by atoms with van der Waals surface area (Å²) in [6.07, 6.45) is -0.994. The van der Waals surface area contributed by atoms with Gasteiger partial charge in [-0.05, 0) is 60.9 Å². The lowest BCUT2D eigenvalue weighted by Crippen LogP contribution is -2.42. The van der Waals surface area contributed by atoms with Crippen molar-refractivity contribution in [1.29, 1.82) is 0 Å². The van der Waals surface area contributed by atoms with Crippen molar-refractivity contribution < 1.29 is 27.5 Å². The van der Waals surface area contributed by atoms with Crippen LogP contribution in [0.4, 0.5) is 17.6 Å². The van der Waals surface area contributed by atoms with Crippen LogP contribution in [0.15, 0.2) is 54.6 Å². The van der Waals surface area contributed by atoms with Gasteiger partial charge in [0.2, 0.25) is 0 Å². The molecule has 3 nitrogen and oxygen atoms in total. The lowest BCUT2D eigenvalue weighted by Gasteiger charge is -2.38. The third kappa shape index (κ3) is 5.28. The summed E-state index contributed by atoms with van der Waals surface area (Å²) in [4.78, 5) is 14.0. The summed E-state index contributed by atoms with van der Waals surface area (Å²) in [5, 5.41) is 10.5. The van der Waals surface area contributed by atoms with Crippen LogP contribution in [0, 0.1) is 5.82 Å². The molecule has 0 atom stereocenters. The van der Waals surface area contributed by atoms with Gasteiger partial charge in [0, 0.05) is 25.2 Å². The van der Waals surface area contributed by atoms with Crippen LogP contribution in [-0.2, 0) is 11.8 Å². The minimum atomic E-state index is -4.59. The monoisotopic (exact) mass is 441 g/mol. The quantitative estimate of drug-likeness (QED) is 0.393. The second-order valence-corrected chi connectivity index (χ2v) is 7.71. The molecule has 1 N–H and O–H groups in total. The molecule has 1 aliphatic rings. The molecule has 1 saturated heterocycles. The van der Waals surface area contributed by atoms with Gasteiger partial charge < -0.3 is 5.11 Å². The lowest BCUT2D eigenvalue weighted by atomic mass is 9.83. The van der Waals surface area contributed by atoms with Crippen LogP contribution in [0.1, 0.15) is 34.3 Å². The molecule has 30 heavy (non-hydrogen) atoms. The predicted octanol–water partition coefficient (Wildman–Crippen LogP) is 5.22. The number of nitrogens with zero attached hydrogens (tertiary/aromatic N) is 1. The van der Waals surface area contributed by atoms with Crippen molar-refractivity contribution in [2.75, 3.05) is 19.6 Å². The van der Waals surface area contributed by atoms with Crippen LogP contribution in [0.25, 0.3) is 0 Å². The molecule has 0 bridgehead atoms. The van der Waals surface area contributed by atoms with Gasteiger partial charge in [-0.1, -0.05) is 23.7 Å². The molecule has 2 aromatic rings. The zero-order valence-corrected chi connectivity index (χ0v) is 16.7. The molecule has 0 radical (unpaired) electrons. The van der Waals surface area contributed by atoms with Gasteiger partial charge in [0.15, 0.2) is 5.78 Å². The molecular weight excluding hydrogens is 422 g/mol. The first-order valence-electron chi connectivity index (χ1n) is 9.37. The van der Waals surface area contributed by atoms with Crippen molar-refractivity contribution in [2.45, 2.75) is 24.6 Å². The van der Waals surface area contributed by atoms with Gasteiger partial charge in [-0.3, -0.25) is 9.69 Å². The maximum Gasteiger partial charge on any atom is 0.417 e. The van der Waals surface area contributed by atoms with E-state index in [9.17, 15) is 27.5 Å². The molecule has 3 rings (SSSR count). The Morgan fingerprint density at radius 3 is 2.37 bits per heavy atom. The number of rotatable bonds is 5. The van der Waals surface area contributed by atoms with Crippen LogP contribution in [0.5, 0.6) is 0 Å². The average Bonchev–Trinajstić information content (AvgIpc) is 2.69. The molecule has 0 amide bonds.